The number of nitrogens with zero attached hydrogens (tertiary/aromatic N) is 1. The maximum Gasteiger partial charge on any atom is 0.266 e. The third kappa shape index (κ3) is 3.49. The van der Waals surface area contributed by atoms with Crippen LogP contribution in [0.4, 0.5) is 0 Å². The Labute approximate surface area is 105 Å². The zero-order valence-electron chi connectivity index (χ0n) is 10.1. The number of carbonyl (C=O) groups excluding carboxylic acids is 1. The van der Waals surface area contributed by atoms with Crippen LogP contribution in [0.15, 0.2) is 18.3 Å². The van der Waals surface area contributed by atoms with E-state index in [0.29, 0.717) is 12.2 Å². The molecule has 0 atom stereocenters. The third-order valence-electron chi connectivity index (χ3n) is 2.85. The van der Waals surface area contributed by atoms with Gasteiger partial charge in [0.2, 0.25) is 0 Å². The fraction of sp³-hybridized carbons (Fsp3) is 0.500. The Morgan fingerprint density at radius 3 is 2.89 bits per heavy atom. The molecule has 2 heterocycles. The molecule has 1 aliphatic heterocycles. The number of aromatic nitrogens is 1. The van der Waals surface area contributed by atoms with E-state index < -0.39 is 0 Å². The lowest BCUT2D eigenvalue weighted by Crippen LogP contribution is -2.30. The highest BCUT2D eigenvalue weighted by atomic mass is 16.5. The lowest BCUT2D eigenvalue weighted by Gasteiger charge is -2.22. The molecule has 0 bridgehead atoms. The summed E-state index contributed by atoms with van der Waals surface area (Å²) < 4.78 is 11.0. The summed E-state index contributed by atoms with van der Waals surface area (Å²) >= 11 is 0. The molecule has 1 aromatic heterocycles. The molecule has 3 N–H and O–H groups in total. The smallest absolute Gasteiger partial charge is 0.266 e. The molecule has 1 aliphatic rings. The van der Waals surface area contributed by atoms with Gasteiger partial charge in [0.1, 0.15) is 0 Å². The van der Waals surface area contributed by atoms with Crippen molar-refractivity contribution in [3.63, 3.8) is 0 Å². The average molecular weight is 251 g/mol. The van der Waals surface area contributed by atoms with Gasteiger partial charge in [0.05, 0.1) is 24.0 Å². The monoisotopic (exact) mass is 251 g/mol. The van der Waals surface area contributed by atoms with E-state index in [1.54, 1.807) is 12.1 Å². The van der Waals surface area contributed by atoms with Crippen molar-refractivity contribution in [2.24, 2.45) is 5.84 Å². The molecule has 1 aromatic rings. The van der Waals surface area contributed by atoms with Crippen molar-refractivity contribution in [3.8, 4) is 0 Å². The van der Waals surface area contributed by atoms with Crippen LogP contribution in [-0.2, 0) is 16.1 Å². The average Bonchev–Trinajstić information content (AvgIpc) is 2.46. The molecule has 6 nitrogen and oxygen atoms in total. The number of hydrogen-bond donors (Lipinski definition) is 2. The largest absolute Gasteiger partial charge is 0.381 e. The molecule has 6 heteroatoms. The SMILES string of the molecule is NNC(=O)c1ccc(COC2CCOCC2)nc1. The van der Waals surface area contributed by atoms with Crippen LogP contribution in [0.1, 0.15) is 28.9 Å². The minimum absolute atomic E-state index is 0.243. The summed E-state index contributed by atoms with van der Waals surface area (Å²) in [7, 11) is 0. The lowest BCUT2D eigenvalue weighted by atomic mass is 10.1. The van der Waals surface area contributed by atoms with E-state index in [1.807, 2.05) is 0 Å². The maximum absolute atomic E-state index is 11.2. The molecule has 0 aliphatic carbocycles. The summed E-state index contributed by atoms with van der Waals surface area (Å²) in [5.41, 5.74) is 3.30. The molecule has 1 fully saturated rings. The van der Waals surface area contributed by atoms with Crippen molar-refractivity contribution in [2.75, 3.05) is 13.2 Å². The van der Waals surface area contributed by atoms with E-state index >= 15 is 0 Å². The normalized spacial score (nSPS) is 16.5. The molecule has 1 amide bonds. The number of nitrogen functional groups attached to an aromatic ring is 1. The minimum Gasteiger partial charge on any atom is -0.381 e. The van der Waals surface area contributed by atoms with Gasteiger partial charge in [-0.3, -0.25) is 15.2 Å². The van der Waals surface area contributed by atoms with Gasteiger partial charge in [-0.05, 0) is 25.0 Å². The minimum atomic E-state index is -0.348. The molecule has 0 unspecified atom stereocenters. The zero-order valence-corrected chi connectivity index (χ0v) is 10.1. The van der Waals surface area contributed by atoms with Gasteiger partial charge in [-0.15, -0.1) is 0 Å². The van der Waals surface area contributed by atoms with Crippen LogP contribution < -0.4 is 11.3 Å². The van der Waals surface area contributed by atoms with Crippen molar-refractivity contribution in [3.05, 3.63) is 29.6 Å². The molecule has 98 valence electrons. The van der Waals surface area contributed by atoms with Crippen molar-refractivity contribution >= 4 is 5.91 Å². The van der Waals surface area contributed by atoms with Crippen molar-refractivity contribution in [1.82, 2.24) is 10.4 Å². The van der Waals surface area contributed by atoms with E-state index in [1.165, 1.54) is 6.20 Å². The molecular formula is C12H17N3O3. The highest BCUT2D eigenvalue weighted by Crippen LogP contribution is 2.12. The van der Waals surface area contributed by atoms with Gasteiger partial charge in [0.25, 0.3) is 5.91 Å². The Balaban J connectivity index is 1.84. The summed E-state index contributed by atoms with van der Waals surface area (Å²) in [6, 6.07) is 3.45. The quantitative estimate of drug-likeness (QED) is 0.459. The summed E-state index contributed by atoms with van der Waals surface area (Å²) in [6.45, 7) is 1.97. The van der Waals surface area contributed by atoms with Crippen LogP contribution in [0.2, 0.25) is 0 Å². The Kier molecular flexibility index (Phi) is 4.63. The highest BCUT2D eigenvalue weighted by molar-refractivity contribution is 5.93. The Hall–Kier alpha value is -1.50. The Morgan fingerprint density at radius 2 is 2.28 bits per heavy atom. The topological polar surface area (TPSA) is 86.5 Å². The van der Waals surface area contributed by atoms with Gasteiger partial charge in [0, 0.05) is 19.4 Å². The van der Waals surface area contributed by atoms with E-state index in [9.17, 15) is 4.79 Å². The summed E-state index contributed by atoms with van der Waals surface area (Å²) in [5.74, 6) is 4.69. The second kappa shape index (κ2) is 6.44. The van der Waals surface area contributed by atoms with Crippen LogP contribution in [0, 0.1) is 0 Å². The summed E-state index contributed by atoms with van der Waals surface area (Å²) in [4.78, 5) is 15.4. The maximum atomic E-state index is 11.2. The van der Waals surface area contributed by atoms with Gasteiger partial charge in [-0.2, -0.15) is 0 Å². The lowest BCUT2D eigenvalue weighted by molar-refractivity contribution is -0.0399. The first kappa shape index (κ1) is 12.9. The standard InChI is InChI=1S/C12H17N3O3/c13-15-12(16)9-1-2-10(14-7-9)8-18-11-3-5-17-6-4-11/h1-2,7,11H,3-6,8,13H2,(H,15,16). The van der Waals surface area contributed by atoms with Crippen molar-refractivity contribution in [1.29, 1.82) is 0 Å². The number of nitrogens with one attached hydrogen (secondary N) is 1. The fourth-order valence-corrected chi connectivity index (χ4v) is 1.77. The van der Waals surface area contributed by atoms with Crippen LogP contribution in [0.5, 0.6) is 0 Å². The number of amides is 1. The number of ether oxygens (including phenoxy) is 2. The van der Waals surface area contributed by atoms with Gasteiger partial charge in [0.15, 0.2) is 0 Å². The number of pyridine rings is 1. The van der Waals surface area contributed by atoms with Gasteiger partial charge in [-0.1, -0.05) is 0 Å². The Bertz CT molecular complexity index is 388. The van der Waals surface area contributed by atoms with Gasteiger partial charge >= 0.3 is 0 Å². The molecule has 0 saturated carbocycles. The molecule has 0 aromatic carbocycles. The van der Waals surface area contributed by atoms with Crippen LogP contribution in [0.3, 0.4) is 0 Å². The molecule has 1 saturated heterocycles. The van der Waals surface area contributed by atoms with Crippen LogP contribution >= 0.6 is 0 Å². The first-order valence-electron chi connectivity index (χ1n) is 5.95. The molecule has 18 heavy (non-hydrogen) atoms. The first-order valence-corrected chi connectivity index (χ1v) is 5.95. The number of rotatable bonds is 4. The first-order chi connectivity index (χ1) is 8.79. The van der Waals surface area contributed by atoms with E-state index in [4.69, 9.17) is 15.3 Å². The number of hydrazine groups is 1. The molecule has 2 rings (SSSR count). The second-order valence-corrected chi connectivity index (χ2v) is 4.13. The Morgan fingerprint density at radius 1 is 1.50 bits per heavy atom. The number of nitrogens with two attached hydrogens (primary N) is 1. The van der Waals surface area contributed by atoms with E-state index in [-0.39, 0.29) is 12.0 Å². The predicted octanol–water partition coefficient (Wildman–Crippen LogP) is 0.381. The molecule has 0 spiro atoms. The number of carbonyl (C=O) groups is 1. The van der Waals surface area contributed by atoms with Crippen LogP contribution in [0.25, 0.3) is 0 Å². The van der Waals surface area contributed by atoms with Crippen molar-refractivity contribution in [2.45, 2.75) is 25.6 Å². The molecular weight excluding hydrogens is 234 g/mol. The van der Waals surface area contributed by atoms with Crippen molar-refractivity contribution < 1.29 is 14.3 Å². The fourth-order valence-electron chi connectivity index (χ4n) is 1.77. The van der Waals surface area contributed by atoms with E-state index in [0.717, 1.165) is 31.7 Å². The summed E-state index contributed by atoms with van der Waals surface area (Å²) in [5, 5.41) is 0. The third-order valence-corrected chi connectivity index (χ3v) is 2.85. The second-order valence-electron chi connectivity index (χ2n) is 4.13. The number of hydrogen-bond acceptors (Lipinski definition) is 5. The molecule has 0 radical (unpaired) electrons. The zero-order chi connectivity index (χ0) is 12.8. The van der Waals surface area contributed by atoms with Gasteiger partial charge < -0.3 is 9.47 Å². The highest BCUT2D eigenvalue weighted by Gasteiger charge is 2.14. The van der Waals surface area contributed by atoms with E-state index in [2.05, 4.69) is 10.4 Å². The van der Waals surface area contributed by atoms with Gasteiger partial charge in [-0.25, -0.2) is 5.84 Å². The van der Waals surface area contributed by atoms with Crippen LogP contribution in [-0.4, -0.2) is 30.2 Å². The summed E-state index contributed by atoms with van der Waals surface area (Å²) in [6.07, 6.45) is 3.58. The predicted molar refractivity (Wildman–Crippen MR) is 64.5 cm³/mol.